The number of rotatable bonds is 4. The number of aliphatic hydroxyl groups excluding tert-OH is 1. The summed E-state index contributed by atoms with van der Waals surface area (Å²) in [6, 6.07) is 14.1. The van der Waals surface area contributed by atoms with Crippen LogP contribution in [-0.2, 0) is 9.59 Å². The third-order valence-electron chi connectivity index (χ3n) is 5.50. The van der Waals surface area contributed by atoms with E-state index in [0.29, 0.717) is 15.2 Å². The fraction of sp³-hybridized carbons (Fsp3) is 0.0417. The number of benzene rings is 3. The summed E-state index contributed by atoms with van der Waals surface area (Å²) in [5.41, 5.74) is 0.339. The fourth-order valence-corrected chi connectivity index (χ4v) is 5.05. The lowest BCUT2D eigenvalue weighted by Gasteiger charge is -2.22. The molecule has 1 aromatic heterocycles. The van der Waals surface area contributed by atoms with E-state index in [-0.39, 0.29) is 27.5 Å². The van der Waals surface area contributed by atoms with E-state index in [1.54, 1.807) is 0 Å². The van der Waals surface area contributed by atoms with Gasteiger partial charge in [0.25, 0.3) is 11.5 Å². The first-order chi connectivity index (χ1) is 16.7. The van der Waals surface area contributed by atoms with Crippen molar-refractivity contribution in [3.63, 3.8) is 0 Å². The standard InChI is InChI=1S/C24H13ClFN3O5S/c25-14-6-4-12(5-7-14)21(30)19-20(13-2-1-3-16(10-13)29(33)34)28(23(32)22(19)31)24-27-17-9-8-15(26)11-18(17)35-24/h1-11,20,30H. The number of amides is 1. The fourth-order valence-electron chi connectivity index (χ4n) is 3.91. The number of fused-ring (bicyclic) bond motifs is 1. The number of carbonyl (C=O) groups excluding carboxylic acids is 2. The molecule has 1 aliphatic heterocycles. The number of halogens is 2. The summed E-state index contributed by atoms with van der Waals surface area (Å²) in [6.45, 7) is 0. The van der Waals surface area contributed by atoms with Gasteiger partial charge in [0.1, 0.15) is 11.6 Å². The van der Waals surface area contributed by atoms with Gasteiger partial charge in [-0.3, -0.25) is 24.6 Å². The quantitative estimate of drug-likeness (QED) is 0.125. The van der Waals surface area contributed by atoms with Crippen LogP contribution in [0.25, 0.3) is 16.0 Å². The molecule has 1 amide bonds. The molecular formula is C24H13ClFN3O5S. The molecule has 1 fully saturated rings. The number of anilines is 1. The summed E-state index contributed by atoms with van der Waals surface area (Å²) in [4.78, 5) is 42.7. The minimum absolute atomic E-state index is 0.0827. The molecular weight excluding hydrogens is 497 g/mol. The average Bonchev–Trinajstić information content (AvgIpc) is 3.37. The van der Waals surface area contributed by atoms with E-state index in [2.05, 4.69) is 4.98 Å². The Kier molecular flexibility index (Phi) is 5.54. The smallest absolute Gasteiger partial charge is 0.301 e. The van der Waals surface area contributed by atoms with Crippen molar-refractivity contribution in [1.82, 2.24) is 4.98 Å². The highest BCUT2D eigenvalue weighted by atomic mass is 35.5. The van der Waals surface area contributed by atoms with Crippen LogP contribution < -0.4 is 4.90 Å². The largest absolute Gasteiger partial charge is 0.507 e. The van der Waals surface area contributed by atoms with Crippen LogP contribution in [0.1, 0.15) is 17.2 Å². The predicted molar refractivity (Wildman–Crippen MR) is 129 cm³/mol. The molecule has 11 heteroatoms. The molecule has 1 aliphatic rings. The lowest BCUT2D eigenvalue weighted by Crippen LogP contribution is -2.29. The summed E-state index contributed by atoms with van der Waals surface area (Å²) in [5, 5.41) is 23.0. The van der Waals surface area contributed by atoms with Crippen molar-refractivity contribution in [1.29, 1.82) is 0 Å². The number of hydrogen-bond acceptors (Lipinski definition) is 7. The van der Waals surface area contributed by atoms with Crippen molar-refractivity contribution >= 4 is 61.4 Å². The van der Waals surface area contributed by atoms with Gasteiger partial charge < -0.3 is 5.11 Å². The van der Waals surface area contributed by atoms with Crippen LogP contribution in [-0.4, -0.2) is 26.7 Å². The van der Waals surface area contributed by atoms with Gasteiger partial charge in [-0.05, 0) is 48.0 Å². The maximum Gasteiger partial charge on any atom is 0.301 e. The van der Waals surface area contributed by atoms with Crippen molar-refractivity contribution in [2.75, 3.05) is 4.90 Å². The van der Waals surface area contributed by atoms with Crippen LogP contribution in [0.2, 0.25) is 5.02 Å². The zero-order chi connectivity index (χ0) is 24.9. The van der Waals surface area contributed by atoms with Crippen LogP contribution in [0.15, 0.2) is 72.3 Å². The number of thiazole rings is 1. The zero-order valence-corrected chi connectivity index (χ0v) is 19.1. The molecule has 0 spiro atoms. The van der Waals surface area contributed by atoms with Crippen LogP contribution in [0.4, 0.5) is 15.2 Å². The molecule has 174 valence electrons. The average molecular weight is 510 g/mol. The van der Waals surface area contributed by atoms with Gasteiger partial charge in [0.2, 0.25) is 0 Å². The second kappa shape index (κ2) is 8.57. The topological polar surface area (TPSA) is 114 Å². The highest BCUT2D eigenvalue weighted by molar-refractivity contribution is 7.22. The predicted octanol–water partition coefficient (Wildman–Crippen LogP) is 5.62. The van der Waals surface area contributed by atoms with E-state index in [1.165, 1.54) is 66.7 Å². The molecule has 1 saturated heterocycles. The number of aliphatic hydroxyl groups is 1. The van der Waals surface area contributed by atoms with Gasteiger partial charge in [0.05, 0.1) is 26.8 Å². The molecule has 5 rings (SSSR count). The first kappa shape index (κ1) is 22.6. The minimum Gasteiger partial charge on any atom is -0.507 e. The number of Topliss-reactive ketones (excluding diaryl/α,β-unsaturated/α-hetero) is 1. The summed E-state index contributed by atoms with van der Waals surface area (Å²) < 4.78 is 14.2. The van der Waals surface area contributed by atoms with E-state index in [0.717, 1.165) is 16.2 Å². The number of nitrogens with zero attached hydrogens (tertiary/aromatic N) is 3. The Bertz CT molecular complexity index is 1570. The Hall–Kier alpha value is -4.15. The first-order valence-corrected chi connectivity index (χ1v) is 11.3. The highest BCUT2D eigenvalue weighted by Gasteiger charge is 2.48. The monoisotopic (exact) mass is 509 g/mol. The molecule has 3 aromatic carbocycles. The number of carbonyl (C=O) groups is 2. The van der Waals surface area contributed by atoms with Crippen molar-refractivity contribution in [2.24, 2.45) is 0 Å². The van der Waals surface area contributed by atoms with Gasteiger partial charge in [-0.2, -0.15) is 0 Å². The van der Waals surface area contributed by atoms with Crippen molar-refractivity contribution < 1.29 is 24.0 Å². The summed E-state index contributed by atoms with van der Waals surface area (Å²) >= 11 is 6.91. The molecule has 1 atom stereocenters. The van der Waals surface area contributed by atoms with Gasteiger partial charge in [0.15, 0.2) is 5.13 Å². The Morgan fingerprint density at radius 1 is 1.11 bits per heavy atom. The first-order valence-electron chi connectivity index (χ1n) is 10.1. The number of ketones is 1. The third-order valence-corrected chi connectivity index (χ3v) is 6.77. The van der Waals surface area contributed by atoms with Crippen LogP contribution in [0.5, 0.6) is 0 Å². The van der Waals surface area contributed by atoms with Crippen LogP contribution in [0, 0.1) is 15.9 Å². The molecule has 0 radical (unpaired) electrons. The van der Waals surface area contributed by atoms with Crippen molar-refractivity contribution in [3.8, 4) is 0 Å². The minimum atomic E-state index is -1.21. The number of nitro benzene ring substituents is 1. The lowest BCUT2D eigenvalue weighted by atomic mass is 9.95. The van der Waals surface area contributed by atoms with Gasteiger partial charge >= 0.3 is 5.91 Å². The Morgan fingerprint density at radius 3 is 2.57 bits per heavy atom. The molecule has 0 bridgehead atoms. The highest BCUT2D eigenvalue weighted by Crippen LogP contribution is 2.44. The van der Waals surface area contributed by atoms with Crippen molar-refractivity contribution in [3.05, 3.63) is 104 Å². The van der Waals surface area contributed by atoms with Gasteiger partial charge in [0, 0.05) is 22.7 Å². The second-order valence-corrected chi connectivity index (χ2v) is 9.08. The van der Waals surface area contributed by atoms with Gasteiger partial charge in [-0.15, -0.1) is 0 Å². The lowest BCUT2D eigenvalue weighted by molar-refractivity contribution is -0.384. The molecule has 0 aliphatic carbocycles. The normalized spacial score (nSPS) is 17.3. The van der Waals surface area contributed by atoms with E-state index in [4.69, 9.17) is 11.6 Å². The van der Waals surface area contributed by atoms with E-state index in [9.17, 15) is 29.2 Å². The zero-order valence-electron chi connectivity index (χ0n) is 17.5. The third kappa shape index (κ3) is 3.92. The van der Waals surface area contributed by atoms with E-state index in [1.807, 2.05) is 0 Å². The van der Waals surface area contributed by atoms with Crippen LogP contribution >= 0.6 is 22.9 Å². The van der Waals surface area contributed by atoms with Crippen molar-refractivity contribution in [2.45, 2.75) is 6.04 Å². The van der Waals surface area contributed by atoms with Gasteiger partial charge in [-0.1, -0.05) is 35.1 Å². The van der Waals surface area contributed by atoms with E-state index < -0.39 is 34.2 Å². The molecule has 0 saturated carbocycles. The molecule has 4 aromatic rings. The Morgan fingerprint density at radius 2 is 1.86 bits per heavy atom. The van der Waals surface area contributed by atoms with Gasteiger partial charge in [-0.25, -0.2) is 9.37 Å². The second-order valence-electron chi connectivity index (χ2n) is 7.64. The molecule has 1 N–H and O–H groups in total. The molecule has 2 heterocycles. The number of aromatic nitrogens is 1. The summed E-state index contributed by atoms with van der Waals surface area (Å²) in [7, 11) is 0. The summed E-state index contributed by atoms with van der Waals surface area (Å²) in [5.74, 6) is -2.92. The maximum atomic E-state index is 13.7. The Balaban J connectivity index is 1.75. The van der Waals surface area contributed by atoms with E-state index >= 15 is 0 Å². The number of hydrogen-bond donors (Lipinski definition) is 1. The van der Waals surface area contributed by atoms with Crippen LogP contribution in [0.3, 0.4) is 0 Å². The summed E-state index contributed by atoms with van der Waals surface area (Å²) in [6.07, 6.45) is 0. The molecule has 35 heavy (non-hydrogen) atoms. The molecule has 8 nitrogen and oxygen atoms in total. The number of nitro groups is 1. The Labute approximate surface area is 205 Å². The SMILES string of the molecule is O=C1C(=O)N(c2nc3ccc(F)cc3s2)C(c2cccc([N+](=O)[O-])c2)C1=C(O)c1ccc(Cl)cc1. The molecule has 1 unspecified atom stereocenters. The number of non-ortho nitro benzene ring substituents is 1. The maximum absolute atomic E-state index is 13.7.